The highest BCUT2D eigenvalue weighted by Crippen LogP contribution is 2.44. The van der Waals surface area contributed by atoms with Crippen molar-refractivity contribution in [3.8, 4) is 5.75 Å². The predicted molar refractivity (Wildman–Crippen MR) is 125 cm³/mol. The number of carbonyl (C=O) groups excluding carboxylic acids is 2. The molecule has 7 heteroatoms. The van der Waals surface area contributed by atoms with E-state index < -0.39 is 12.0 Å². The lowest BCUT2D eigenvalue weighted by atomic mass is 9.94. The molecule has 1 fully saturated rings. The molecule has 0 spiro atoms. The third-order valence-electron chi connectivity index (χ3n) is 5.46. The Hall–Kier alpha value is -3.06. The fraction of sp³-hybridized carbons (Fsp3) is 0.320. The van der Waals surface area contributed by atoms with Gasteiger partial charge in [-0.1, -0.05) is 61.2 Å². The second-order valence-corrected chi connectivity index (χ2v) is 8.75. The quantitative estimate of drug-likeness (QED) is 0.563. The number of ether oxygens (including phenoxy) is 2. The van der Waals surface area contributed by atoms with Crippen molar-refractivity contribution in [2.75, 3.05) is 6.61 Å². The van der Waals surface area contributed by atoms with Gasteiger partial charge in [-0.3, -0.25) is 9.69 Å². The number of hydrogen-bond donors (Lipinski definition) is 0. The van der Waals surface area contributed by atoms with Gasteiger partial charge >= 0.3 is 5.97 Å². The van der Waals surface area contributed by atoms with Crippen LogP contribution in [-0.4, -0.2) is 33.8 Å². The van der Waals surface area contributed by atoms with Gasteiger partial charge in [-0.05, 0) is 43.5 Å². The Labute approximate surface area is 192 Å². The van der Waals surface area contributed by atoms with E-state index in [1.165, 1.54) is 11.8 Å². The highest BCUT2D eigenvalue weighted by molar-refractivity contribution is 8.15. The molecule has 0 radical (unpaired) electrons. The largest absolute Gasteiger partial charge is 0.489 e. The number of nitrogens with zero attached hydrogens (tertiary/aromatic N) is 2. The van der Waals surface area contributed by atoms with E-state index in [0.29, 0.717) is 35.2 Å². The van der Waals surface area contributed by atoms with Crippen LogP contribution in [0.2, 0.25) is 0 Å². The third-order valence-corrected chi connectivity index (χ3v) is 6.78. The number of benzene rings is 2. The van der Waals surface area contributed by atoms with Gasteiger partial charge in [0.25, 0.3) is 0 Å². The number of hydrogen-bond acceptors (Lipinski definition) is 6. The van der Waals surface area contributed by atoms with Crippen LogP contribution in [0.1, 0.15) is 44.4 Å². The molecule has 166 valence electrons. The zero-order valence-corrected chi connectivity index (χ0v) is 19.2. The minimum Gasteiger partial charge on any atom is -0.489 e. The monoisotopic (exact) mass is 450 g/mol. The molecule has 2 aromatic carbocycles. The van der Waals surface area contributed by atoms with Gasteiger partial charge in [0.2, 0.25) is 5.91 Å². The molecule has 6 nitrogen and oxygen atoms in total. The van der Waals surface area contributed by atoms with Gasteiger partial charge in [0.05, 0.1) is 29.2 Å². The standard InChI is InChI=1S/C25H26N2O4S/c1-4-20-23(28)27-22(21(24(29)30-5-2)16(3)26-25(27)32-20)18-11-13-19(14-12-18)31-15-17-9-7-6-8-10-17/h6-14,20,22H,4-5,15H2,1-3H3/t20-,22-/m1/s1. The second kappa shape index (κ2) is 9.61. The van der Waals surface area contributed by atoms with Crippen LogP contribution in [0.25, 0.3) is 0 Å². The Bertz CT molecular complexity index is 1060. The molecule has 0 N–H and O–H groups in total. The van der Waals surface area contributed by atoms with Crippen LogP contribution in [0.5, 0.6) is 5.75 Å². The third kappa shape index (κ3) is 4.30. The van der Waals surface area contributed by atoms with Crippen molar-refractivity contribution in [2.45, 2.75) is 45.1 Å². The molecule has 1 saturated heterocycles. The minimum atomic E-state index is -0.568. The van der Waals surface area contributed by atoms with Crippen LogP contribution in [0.3, 0.4) is 0 Å². The number of rotatable bonds is 7. The fourth-order valence-corrected chi connectivity index (χ4v) is 5.00. The first kappa shape index (κ1) is 22.1. The molecular weight excluding hydrogens is 424 g/mol. The maximum absolute atomic E-state index is 13.1. The summed E-state index contributed by atoms with van der Waals surface area (Å²) in [6.07, 6.45) is 0.700. The molecule has 0 bridgehead atoms. The molecule has 0 unspecified atom stereocenters. The Morgan fingerprint density at radius 3 is 2.47 bits per heavy atom. The van der Waals surface area contributed by atoms with Crippen LogP contribution in [0.15, 0.2) is 70.9 Å². The van der Waals surface area contributed by atoms with Gasteiger partial charge in [-0.15, -0.1) is 0 Å². The van der Waals surface area contributed by atoms with Crippen LogP contribution < -0.4 is 4.74 Å². The number of allylic oxidation sites excluding steroid dienone is 1. The number of amidine groups is 1. The summed E-state index contributed by atoms with van der Waals surface area (Å²) in [5.41, 5.74) is 2.89. The lowest BCUT2D eigenvalue weighted by Gasteiger charge is -2.33. The summed E-state index contributed by atoms with van der Waals surface area (Å²) in [6.45, 7) is 6.27. The summed E-state index contributed by atoms with van der Waals surface area (Å²) in [5.74, 6) is 0.245. The molecule has 0 aromatic heterocycles. The maximum atomic E-state index is 13.1. The second-order valence-electron chi connectivity index (χ2n) is 7.58. The zero-order chi connectivity index (χ0) is 22.7. The number of esters is 1. The first-order chi connectivity index (χ1) is 15.5. The Morgan fingerprint density at radius 1 is 1.09 bits per heavy atom. The van der Waals surface area contributed by atoms with Crippen molar-refractivity contribution < 1.29 is 19.1 Å². The van der Waals surface area contributed by atoms with E-state index in [1.807, 2.05) is 61.5 Å². The van der Waals surface area contributed by atoms with Gasteiger partial charge in [-0.25, -0.2) is 9.79 Å². The van der Waals surface area contributed by atoms with Gasteiger partial charge < -0.3 is 9.47 Å². The van der Waals surface area contributed by atoms with Gasteiger partial charge in [-0.2, -0.15) is 0 Å². The van der Waals surface area contributed by atoms with E-state index in [1.54, 1.807) is 18.7 Å². The highest BCUT2D eigenvalue weighted by Gasteiger charge is 2.47. The molecule has 0 saturated carbocycles. The number of aliphatic imine (C=N–C) groups is 1. The summed E-state index contributed by atoms with van der Waals surface area (Å²) in [7, 11) is 0. The summed E-state index contributed by atoms with van der Waals surface area (Å²) in [6, 6.07) is 16.9. The molecule has 2 aliphatic rings. The van der Waals surface area contributed by atoms with Crippen molar-refractivity contribution in [3.05, 3.63) is 77.0 Å². The van der Waals surface area contributed by atoms with Crippen molar-refractivity contribution in [2.24, 2.45) is 4.99 Å². The fourth-order valence-electron chi connectivity index (χ4n) is 3.86. The van der Waals surface area contributed by atoms with E-state index in [-0.39, 0.29) is 17.8 Å². The number of amides is 1. The molecule has 2 aliphatic heterocycles. The summed E-state index contributed by atoms with van der Waals surface area (Å²) in [4.78, 5) is 32.2. The number of carbonyl (C=O) groups is 2. The van der Waals surface area contributed by atoms with E-state index in [9.17, 15) is 9.59 Å². The normalized spacial score (nSPS) is 20.2. The van der Waals surface area contributed by atoms with E-state index >= 15 is 0 Å². The molecule has 32 heavy (non-hydrogen) atoms. The van der Waals surface area contributed by atoms with Crippen LogP contribution in [0.4, 0.5) is 0 Å². The van der Waals surface area contributed by atoms with Gasteiger partial charge in [0.1, 0.15) is 12.4 Å². The summed E-state index contributed by atoms with van der Waals surface area (Å²) >= 11 is 1.46. The van der Waals surface area contributed by atoms with Gasteiger partial charge in [0.15, 0.2) is 5.17 Å². The summed E-state index contributed by atoms with van der Waals surface area (Å²) < 4.78 is 11.2. The average molecular weight is 451 g/mol. The van der Waals surface area contributed by atoms with Crippen LogP contribution >= 0.6 is 11.8 Å². The average Bonchev–Trinajstić information content (AvgIpc) is 3.13. The Balaban J connectivity index is 1.64. The van der Waals surface area contributed by atoms with Gasteiger partial charge in [0, 0.05) is 0 Å². The van der Waals surface area contributed by atoms with Crippen molar-refractivity contribution >= 4 is 28.8 Å². The van der Waals surface area contributed by atoms with E-state index in [0.717, 1.165) is 11.1 Å². The Morgan fingerprint density at radius 2 is 1.81 bits per heavy atom. The molecule has 2 atom stereocenters. The smallest absolute Gasteiger partial charge is 0.338 e. The predicted octanol–water partition coefficient (Wildman–Crippen LogP) is 4.87. The lowest BCUT2D eigenvalue weighted by Crippen LogP contribution is -2.40. The maximum Gasteiger partial charge on any atom is 0.338 e. The molecular formula is C25H26N2O4S. The van der Waals surface area contributed by atoms with Crippen LogP contribution in [0, 0.1) is 0 Å². The molecule has 2 aromatic rings. The van der Waals surface area contributed by atoms with Crippen molar-refractivity contribution in [1.29, 1.82) is 0 Å². The first-order valence-electron chi connectivity index (χ1n) is 10.8. The summed E-state index contributed by atoms with van der Waals surface area (Å²) in [5, 5.41) is 0.445. The van der Waals surface area contributed by atoms with Crippen molar-refractivity contribution in [3.63, 3.8) is 0 Å². The highest BCUT2D eigenvalue weighted by atomic mass is 32.2. The van der Waals surface area contributed by atoms with E-state index in [4.69, 9.17) is 9.47 Å². The van der Waals surface area contributed by atoms with Crippen LogP contribution in [-0.2, 0) is 20.9 Å². The lowest BCUT2D eigenvalue weighted by molar-refractivity contribution is -0.139. The zero-order valence-electron chi connectivity index (χ0n) is 18.4. The topological polar surface area (TPSA) is 68.2 Å². The number of fused-ring (bicyclic) bond motifs is 1. The molecule has 4 rings (SSSR count). The Kier molecular flexibility index (Phi) is 6.65. The van der Waals surface area contributed by atoms with Crippen molar-refractivity contribution in [1.82, 2.24) is 4.90 Å². The first-order valence-corrected chi connectivity index (χ1v) is 11.6. The molecule has 1 amide bonds. The molecule has 2 heterocycles. The number of thioether (sulfide) groups is 1. The SMILES string of the molecule is CCOC(=O)C1=C(C)N=C2S[C@H](CC)C(=O)N2[C@@H]1c1ccc(OCc2ccccc2)cc1. The van der Waals surface area contributed by atoms with E-state index in [2.05, 4.69) is 4.99 Å². The minimum absolute atomic E-state index is 0.0278. The molecule has 0 aliphatic carbocycles.